The summed E-state index contributed by atoms with van der Waals surface area (Å²) in [7, 11) is 0. The largest absolute Gasteiger partial charge is 0.494 e. The van der Waals surface area contributed by atoms with Crippen molar-refractivity contribution in [3.63, 3.8) is 0 Å². The Kier molecular flexibility index (Phi) is 2.47. The number of hydrogen-bond donors (Lipinski definition) is 1. The number of benzene rings is 1. The minimum atomic E-state index is -0.338. The summed E-state index contributed by atoms with van der Waals surface area (Å²) in [5.41, 5.74) is 2.36. The van der Waals surface area contributed by atoms with Crippen LogP contribution in [0.15, 0.2) is 18.2 Å². The lowest BCUT2D eigenvalue weighted by Crippen LogP contribution is -2.12. The fourth-order valence-corrected chi connectivity index (χ4v) is 2.39. The Balaban J connectivity index is 2.41. The molecular weight excluding hydrogens is 188 g/mol. The summed E-state index contributed by atoms with van der Waals surface area (Å²) in [6.45, 7) is 6.97. The lowest BCUT2D eigenvalue weighted by atomic mass is 9.86. The molecule has 0 spiro atoms. The van der Waals surface area contributed by atoms with E-state index in [1.807, 2.05) is 19.1 Å². The quantitative estimate of drug-likeness (QED) is 0.806. The first-order chi connectivity index (χ1) is 7.04. The molecule has 1 aliphatic carbocycles. The summed E-state index contributed by atoms with van der Waals surface area (Å²) in [6, 6.07) is 6.04. The molecule has 0 radical (unpaired) electrons. The van der Waals surface area contributed by atoms with Gasteiger partial charge in [0.2, 0.25) is 0 Å². The smallest absolute Gasteiger partial charge is 0.119 e. The number of fused-ring (bicyclic) bond motifs is 1. The van der Waals surface area contributed by atoms with Crippen LogP contribution in [0.25, 0.3) is 0 Å². The number of rotatable bonds is 2. The molecular formula is C13H18O2. The van der Waals surface area contributed by atoms with Crippen molar-refractivity contribution in [3.05, 3.63) is 29.3 Å². The Morgan fingerprint density at radius 2 is 2.20 bits per heavy atom. The van der Waals surface area contributed by atoms with E-state index in [1.54, 1.807) is 0 Å². The van der Waals surface area contributed by atoms with Crippen molar-refractivity contribution in [1.82, 2.24) is 0 Å². The van der Waals surface area contributed by atoms with Gasteiger partial charge in [0.05, 0.1) is 12.7 Å². The van der Waals surface area contributed by atoms with Gasteiger partial charge in [0.1, 0.15) is 5.75 Å². The van der Waals surface area contributed by atoms with Crippen molar-refractivity contribution in [3.8, 4) is 5.75 Å². The van der Waals surface area contributed by atoms with Crippen LogP contribution >= 0.6 is 0 Å². The van der Waals surface area contributed by atoms with Gasteiger partial charge in [-0.25, -0.2) is 0 Å². The lowest BCUT2D eigenvalue weighted by Gasteiger charge is -2.18. The normalized spacial score (nSPS) is 22.5. The molecule has 1 N–H and O–H groups in total. The van der Waals surface area contributed by atoms with Crippen LogP contribution in [0.1, 0.15) is 44.4 Å². The summed E-state index contributed by atoms with van der Waals surface area (Å²) in [5, 5.41) is 9.95. The van der Waals surface area contributed by atoms with Crippen LogP contribution in [0, 0.1) is 0 Å². The molecule has 15 heavy (non-hydrogen) atoms. The molecule has 0 saturated carbocycles. The van der Waals surface area contributed by atoms with Crippen LogP contribution < -0.4 is 4.74 Å². The van der Waals surface area contributed by atoms with E-state index < -0.39 is 0 Å². The van der Waals surface area contributed by atoms with Crippen LogP contribution in [-0.2, 0) is 5.41 Å². The van der Waals surface area contributed by atoms with Crippen LogP contribution in [-0.4, -0.2) is 11.7 Å². The second-order valence-electron chi connectivity index (χ2n) is 4.79. The van der Waals surface area contributed by atoms with Gasteiger partial charge in [0.15, 0.2) is 0 Å². The van der Waals surface area contributed by atoms with E-state index in [-0.39, 0.29) is 11.5 Å². The average molecular weight is 206 g/mol. The minimum absolute atomic E-state index is 0.0828. The van der Waals surface area contributed by atoms with E-state index in [2.05, 4.69) is 19.9 Å². The Labute approximate surface area is 90.9 Å². The van der Waals surface area contributed by atoms with E-state index >= 15 is 0 Å². The van der Waals surface area contributed by atoms with Gasteiger partial charge in [-0.2, -0.15) is 0 Å². The Morgan fingerprint density at radius 1 is 1.47 bits per heavy atom. The van der Waals surface area contributed by atoms with Gasteiger partial charge in [-0.15, -0.1) is 0 Å². The van der Waals surface area contributed by atoms with Gasteiger partial charge in [-0.1, -0.05) is 19.9 Å². The van der Waals surface area contributed by atoms with Gasteiger partial charge < -0.3 is 9.84 Å². The van der Waals surface area contributed by atoms with Gasteiger partial charge in [-0.3, -0.25) is 0 Å². The van der Waals surface area contributed by atoms with Crippen molar-refractivity contribution >= 4 is 0 Å². The Hall–Kier alpha value is -1.02. The minimum Gasteiger partial charge on any atom is -0.494 e. The van der Waals surface area contributed by atoms with Crippen molar-refractivity contribution < 1.29 is 9.84 Å². The molecule has 2 nitrogen and oxygen atoms in total. The number of aliphatic hydroxyl groups is 1. The molecule has 1 aliphatic rings. The maximum absolute atomic E-state index is 9.95. The first-order valence-electron chi connectivity index (χ1n) is 5.50. The fourth-order valence-electron chi connectivity index (χ4n) is 2.39. The maximum Gasteiger partial charge on any atom is 0.119 e. The van der Waals surface area contributed by atoms with Gasteiger partial charge >= 0.3 is 0 Å². The highest BCUT2D eigenvalue weighted by atomic mass is 16.5. The topological polar surface area (TPSA) is 29.5 Å². The molecule has 0 aliphatic heterocycles. The zero-order chi connectivity index (χ0) is 11.1. The second kappa shape index (κ2) is 3.53. The molecule has 1 atom stereocenters. The Bertz CT molecular complexity index is 369. The first kappa shape index (κ1) is 10.5. The zero-order valence-electron chi connectivity index (χ0n) is 9.58. The molecule has 1 aromatic carbocycles. The van der Waals surface area contributed by atoms with Gasteiger partial charge in [0, 0.05) is 0 Å². The van der Waals surface area contributed by atoms with Crippen molar-refractivity contribution in [2.75, 3.05) is 6.61 Å². The summed E-state index contributed by atoms with van der Waals surface area (Å²) in [4.78, 5) is 0. The predicted molar refractivity (Wildman–Crippen MR) is 60.2 cm³/mol. The molecule has 0 unspecified atom stereocenters. The van der Waals surface area contributed by atoms with Crippen LogP contribution in [0.5, 0.6) is 5.75 Å². The van der Waals surface area contributed by atoms with Crippen LogP contribution in [0.2, 0.25) is 0 Å². The summed E-state index contributed by atoms with van der Waals surface area (Å²) in [5.74, 6) is 0.855. The second-order valence-corrected chi connectivity index (χ2v) is 4.79. The number of hydrogen-bond acceptors (Lipinski definition) is 2. The van der Waals surface area contributed by atoms with E-state index in [4.69, 9.17) is 4.74 Å². The highest BCUT2D eigenvalue weighted by Crippen LogP contribution is 2.45. The first-order valence-corrected chi connectivity index (χ1v) is 5.50. The highest BCUT2D eigenvalue weighted by molar-refractivity contribution is 5.44. The van der Waals surface area contributed by atoms with Gasteiger partial charge in [-0.05, 0) is 42.0 Å². The third-order valence-corrected chi connectivity index (χ3v) is 3.13. The molecule has 0 saturated heterocycles. The molecule has 0 aromatic heterocycles. The average Bonchev–Trinajstić information content (AvgIpc) is 2.38. The van der Waals surface area contributed by atoms with Crippen molar-refractivity contribution in [2.24, 2.45) is 0 Å². The van der Waals surface area contributed by atoms with Crippen molar-refractivity contribution in [2.45, 2.75) is 38.7 Å². The molecule has 82 valence electrons. The standard InChI is InChI=1S/C13H18O2/c1-4-15-9-5-6-11-10(7-9)12(14)8-13(11,2)3/h5-7,12,14H,4,8H2,1-3H3/t12-/m0/s1. The summed E-state index contributed by atoms with van der Waals surface area (Å²) >= 11 is 0. The molecule has 1 aromatic rings. The molecule has 0 amide bonds. The van der Waals surface area contributed by atoms with Gasteiger partial charge in [0.25, 0.3) is 0 Å². The Morgan fingerprint density at radius 3 is 2.87 bits per heavy atom. The fraction of sp³-hybridized carbons (Fsp3) is 0.538. The monoisotopic (exact) mass is 206 g/mol. The maximum atomic E-state index is 9.95. The summed E-state index contributed by atoms with van der Waals surface area (Å²) in [6.07, 6.45) is 0.466. The van der Waals surface area contributed by atoms with Crippen molar-refractivity contribution in [1.29, 1.82) is 0 Å². The SMILES string of the molecule is CCOc1ccc2c(c1)[C@@H](O)CC2(C)C. The molecule has 0 bridgehead atoms. The highest BCUT2D eigenvalue weighted by Gasteiger charge is 2.35. The molecule has 2 heteroatoms. The third-order valence-electron chi connectivity index (χ3n) is 3.13. The molecule has 0 fully saturated rings. The number of ether oxygens (including phenoxy) is 1. The van der Waals surface area contributed by atoms with E-state index in [1.165, 1.54) is 5.56 Å². The van der Waals surface area contributed by atoms with Crippen LogP contribution in [0.4, 0.5) is 0 Å². The van der Waals surface area contributed by atoms with Crippen LogP contribution in [0.3, 0.4) is 0 Å². The van der Waals surface area contributed by atoms with E-state index in [0.717, 1.165) is 17.7 Å². The third kappa shape index (κ3) is 1.74. The molecule has 2 rings (SSSR count). The lowest BCUT2D eigenvalue weighted by molar-refractivity contribution is 0.161. The van der Waals surface area contributed by atoms with E-state index in [9.17, 15) is 5.11 Å². The molecule has 0 heterocycles. The summed E-state index contributed by atoms with van der Waals surface area (Å²) < 4.78 is 5.44. The zero-order valence-corrected chi connectivity index (χ0v) is 9.58. The predicted octanol–water partition coefficient (Wildman–Crippen LogP) is 2.80. The number of aliphatic hydroxyl groups excluding tert-OH is 1. The van der Waals surface area contributed by atoms with E-state index in [0.29, 0.717) is 6.61 Å².